The fraction of sp³-hybridized carbons (Fsp3) is 0.588. The van der Waals surface area contributed by atoms with Gasteiger partial charge in [0.2, 0.25) is 0 Å². The summed E-state index contributed by atoms with van der Waals surface area (Å²) in [5, 5.41) is 0. The Morgan fingerprint density at radius 2 is 1.86 bits per heavy atom. The van der Waals surface area contributed by atoms with Gasteiger partial charge in [0.25, 0.3) is 0 Å². The highest BCUT2D eigenvalue weighted by molar-refractivity contribution is 5.85. The van der Waals surface area contributed by atoms with Crippen LogP contribution in [-0.4, -0.2) is 30.6 Å². The molecule has 0 spiro atoms. The maximum Gasteiger partial charge on any atom is 0.307 e. The summed E-state index contributed by atoms with van der Waals surface area (Å²) < 4.78 is 5.27. The third-order valence-corrected chi connectivity index (χ3v) is 3.84. The number of ether oxygens (including phenoxy) is 1. The van der Waals surface area contributed by atoms with Crippen LogP contribution in [0, 0.1) is 0 Å². The molecule has 1 fully saturated rings. The van der Waals surface area contributed by atoms with Gasteiger partial charge in [-0.3, -0.25) is 9.69 Å². The number of hydrogen-bond donors (Lipinski definition) is 0. The Morgan fingerprint density at radius 1 is 1.19 bits per heavy atom. The topological polar surface area (TPSA) is 29.5 Å². The molecule has 1 aromatic carbocycles. The molecule has 0 saturated carbocycles. The Morgan fingerprint density at radius 3 is 2.48 bits per heavy atom. The molecule has 1 aromatic rings. The first-order valence-corrected chi connectivity index (χ1v) is 7.76. The van der Waals surface area contributed by atoms with E-state index >= 15 is 0 Å². The van der Waals surface area contributed by atoms with Crippen molar-refractivity contribution in [3.8, 4) is 0 Å². The van der Waals surface area contributed by atoms with Gasteiger partial charge in [0.05, 0.1) is 13.0 Å². The molecule has 21 heavy (non-hydrogen) atoms. The summed E-state index contributed by atoms with van der Waals surface area (Å²) in [7, 11) is 0. The largest absolute Gasteiger partial charge is 0.466 e. The van der Waals surface area contributed by atoms with Gasteiger partial charge in [-0.1, -0.05) is 43.7 Å². The number of esters is 1. The Bertz CT molecular complexity index is 405. The monoisotopic (exact) mass is 311 g/mol. The van der Waals surface area contributed by atoms with Crippen molar-refractivity contribution in [1.29, 1.82) is 0 Å². The molecular formula is C17H26ClNO2. The Hall–Kier alpha value is -1.06. The maximum absolute atomic E-state index is 12.0. The smallest absolute Gasteiger partial charge is 0.307 e. The number of likely N-dealkylation sites (tertiary alicyclic amines) is 1. The Balaban J connectivity index is 0.00000220. The summed E-state index contributed by atoms with van der Waals surface area (Å²) in [6, 6.07) is 10.5. The summed E-state index contributed by atoms with van der Waals surface area (Å²) in [6.07, 6.45) is 5.11. The highest BCUT2D eigenvalue weighted by Gasteiger charge is 2.25. The van der Waals surface area contributed by atoms with E-state index in [0.717, 1.165) is 19.5 Å². The lowest BCUT2D eigenvalue weighted by atomic mass is 9.99. The van der Waals surface area contributed by atoms with Gasteiger partial charge in [-0.25, -0.2) is 0 Å². The van der Waals surface area contributed by atoms with E-state index in [1.54, 1.807) is 0 Å². The number of hydrogen-bond acceptors (Lipinski definition) is 3. The third kappa shape index (κ3) is 5.68. The molecule has 0 aliphatic carbocycles. The highest BCUT2D eigenvalue weighted by Crippen LogP contribution is 2.27. The molecule has 0 amide bonds. The van der Waals surface area contributed by atoms with Crippen LogP contribution in [0.4, 0.5) is 0 Å². The van der Waals surface area contributed by atoms with Gasteiger partial charge >= 0.3 is 5.97 Å². The molecule has 1 atom stereocenters. The van der Waals surface area contributed by atoms with Gasteiger partial charge in [-0.15, -0.1) is 12.4 Å². The van der Waals surface area contributed by atoms with Crippen LogP contribution < -0.4 is 0 Å². The third-order valence-electron chi connectivity index (χ3n) is 3.84. The Kier molecular flexibility index (Phi) is 8.40. The van der Waals surface area contributed by atoms with E-state index in [9.17, 15) is 4.79 Å². The molecule has 2 rings (SSSR count). The molecule has 0 radical (unpaired) electrons. The van der Waals surface area contributed by atoms with E-state index < -0.39 is 0 Å². The van der Waals surface area contributed by atoms with Crippen molar-refractivity contribution in [3.05, 3.63) is 35.9 Å². The van der Waals surface area contributed by atoms with Gasteiger partial charge in [-0.2, -0.15) is 0 Å². The van der Waals surface area contributed by atoms with Gasteiger partial charge < -0.3 is 4.74 Å². The molecule has 1 heterocycles. The number of halogens is 1. The van der Waals surface area contributed by atoms with E-state index in [1.807, 2.05) is 25.1 Å². The lowest BCUT2D eigenvalue weighted by Crippen LogP contribution is -2.35. The first-order valence-electron chi connectivity index (χ1n) is 7.76. The lowest BCUT2D eigenvalue weighted by molar-refractivity contribution is -0.145. The summed E-state index contributed by atoms with van der Waals surface area (Å²) in [6.45, 7) is 4.72. The first-order chi connectivity index (χ1) is 9.81. The first kappa shape index (κ1) is 18.0. The zero-order valence-corrected chi connectivity index (χ0v) is 13.6. The van der Waals surface area contributed by atoms with E-state index in [4.69, 9.17) is 4.74 Å². The average molecular weight is 312 g/mol. The molecule has 0 N–H and O–H groups in total. The molecule has 1 aliphatic rings. The Labute approximate surface area is 134 Å². The molecule has 1 saturated heterocycles. The highest BCUT2D eigenvalue weighted by atomic mass is 35.5. The van der Waals surface area contributed by atoms with Crippen molar-refractivity contribution in [2.45, 2.75) is 45.1 Å². The minimum atomic E-state index is -0.0775. The van der Waals surface area contributed by atoms with Crippen LogP contribution in [0.15, 0.2) is 30.3 Å². The van der Waals surface area contributed by atoms with E-state index in [0.29, 0.717) is 13.0 Å². The molecule has 1 unspecified atom stereocenters. The van der Waals surface area contributed by atoms with Crippen LogP contribution in [0.2, 0.25) is 0 Å². The van der Waals surface area contributed by atoms with Crippen molar-refractivity contribution in [2.75, 3.05) is 19.7 Å². The van der Waals surface area contributed by atoms with E-state index in [1.165, 1.54) is 24.8 Å². The summed E-state index contributed by atoms with van der Waals surface area (Å²) in [5.41, 5.74) is 1.22. The van der Waals surface area contributed by atoms with Crippen molar-refractivity contribution in [3.63, 3.8) is 0 Å². The molecule has 0 bridgehead atoms. The number of carbonyl (C=O) groups excluding carboxylic acids is 1. The lowest BCUT2D eigenvalue weighted by Gasteiger charge is -2.34. The number of rotatable bonds is 6. The summed E-state index contributed by atoms with van der Waals surface area (Å²) in [5.74, 6) is -0.0775. The van der Waals surface area contributed by atoms with Crippen LogP contribution in [0.5, 0.6) is 0 Å². The fourth-order valence-corrected chi connectivity index (χ4v) is 2.80. The number of piperidine rings is 1. The quantitative estimate of drug-likeness (QED) is 0.744. The SMILES string of the molecule is CCCOC(=O)CC(c1ccccc1)N1CCCCC1.Cl. The van der Waals surface area contributed by atoms with Gasteiger partial charge in [0.1, 0.15) is 0 Å². The maximum atomic E-state index is 12.0. The second-order valence-electron chi connectivity index (χ2n) is 5.45. The van der Waals surface area contributed by atoms with Crippen molar-refractivity contribution < 1.29 is 9.53 Å². The average Bonchev–Trinajstić information content (AvgIpc) is 2.52. The van der Waals surface area contributed by atoms with Crippen molar-refractivity contribution in [1.82, 2.24) is 4.90 Å². The second kappa shape index (κ2) is 9.80. The molecular weight excluding hydrogens is 286 g/mol. The van der Waals surface area contributed by atoms with Crippen molar-refractivity contribution >= 4 is 18.4 Å². The zero-order chi connectivity index (χ0) is 14.2. The molecule has 0 aromatic heterocycles. The van der Waals surface area contributed by atoms with Crippen LogP contribution in [0.1, 0.15) is 50.6 Å². The molecule has 3 nitrogen and oxygen atoms in total. The molecule has 118 valence electrons. The summed E-state index contributed by atoms with van der Waals surface area (Å²) in [4.78, 5) is 14.4. The van der Waals surface area contributed by atoms with Crippen LogP contribution in [-0.2, 0) is 9.53 Å². The zero-order valence-electron chi connectivity index (χ0n) is 12.8. The van der Waals surface area contributed by atoms with Gasteiger partial charge in [-0.05, 0) is 37.9 Å². The standard InChI is InChI=1S/C17H25NO2.ClH/c1-2-13-20-17(19)14-16(15-9-5-3-6-10-15)18-11-7-4-8-12-18;/h3,5-6,9-10,16H,2,4,7-8,11-14H2,1H3;1H. The predicted molar refractivity (Wildman–Crippen MR) is 87.7 cm³/mol. The second-order valence-corrected chi connectivity index (χ2v) is 5.45. The normalized spacial score (nSPS) is 16.8. The van der Waals surface area contributed by atoms with E-state index in [-0.39, 0.29) is 24.4 Å². The van der Waals surface area contributed by atoms with E-state index in [2.05, 4.69) is 17.0 Å². The minimum Gasteiger partial charge on any atom is -0.466 e. The molecule has 4 heteroatoms. The summed E-state index contributed by atoms with van der Waals surface area (Å²) >= 11 is 0. The van der Waals surface area contributed by atoms with Gasteiger partial charge in [0.15, 0.2) is 0 Å². The number of benzene rings is 1. The van der Waals surface area contributed by atoms with Crippen LogP contribution in [0.3, 0.4) is 0 Å². The fourth-order valence-electron chi connectivity index (χ4n) is 2.80. The van der Waals surface area contributed by atoms with Crippen molar-refractivity contribution in [2.24, 2.45) is 0 Å². The predicted octanol–water partition coefficient (Wildman–Crippen LogP) is 3.98. The number of nitrogens with zero attached hydrogens (tertiary/aromatic N) is 1. The van der Waals surface area contributed by atoms with Gasteiger partial charge in [0, 0.05) is 6.04 Å². The number of carbonyl (C=O) groups is 1. The molecule has 1 aliphatic heterocycles. The van der Waals surface area contributed by atoms with Crippen LogP contribution >= 0.6 is 12.4 Å². The van der Waals surface area contributed by atoms with Crippen LogP contribution in [0.25, 0.3) is 0 Å². The minimum absolute atomic E-state index is 0.